The average molecular weight is 315 g/mol. The van der Waals surface area contributed by atoms with Crippen LogP contribution in [0.25, 0.3) is 0 Å². The van der Waals surface area contributed by atoms with Crippen molar-refractivity contribution in [2.75, 3.05) is 12.3 Å². The first-order valence-electron chi connectivity index (χ1n) is 6.96. The molecule has 0 spiro atoms. The summed E-state index contributed by atoms with van der Waals surface area (Å²) in [6.45, 7) is 5.10. The zero-order chi connectivity index (χ0) is 15.6. The van der Waals surface area contributed by atoms with E-state index < -0.39 is 26.7 Å². The van der Waals surface area contributed by atoms with Crippen molar-refractivity contribution >= 4 is 9.84 Å². The molecule has 120 valence electrons. The van der Waals surface area contributed by atoms with Crippen LogP contribution in [0.4, 0.5) is 13.2 Å². The minimum Gasteiger partial charge on any atom is -0.313 e. The summed E-state index contributed by atoms with van der Waals surface area (Å²) >= 11 is 0. The quantitative estimate of drug-likeness (QED) is 0.867. The molecule has 1 aliphatic rings. The number of hydrogen-bond donors (Lipinski definition) is 1. The van der Waals surface area contributed by atoms with Gasteiger partial charge in [0.1, 0.15) is 0 Å². The van der Waals surface area contributed by atoms with Crippen molar-refractivity contribution in [3.63, 3.8) is 0 Å². The predicted molar refractivity (Wildman–Crippen MR) is 73.3 cm³/mol. The zero-order valence-electron chi connectivity index (χ0n) is 12.3. The van der Waals surface area contributed by atoms with Crippen LogP contribution in [0.2, 0.25) is 0 Å². The van der Waals surface area contributed by atoms with Crippen molar-refractivity contribution < 1.29 is 21.6 Å². The van der Waals surface area contributed by atoms with E-state index in [0.717, 1.165) is 0 Å². The molecule has 0 aromatic rings. The van der Waals surface area contributed by atoms with Gasteiger partial charge in [-0.1, -0.05) is 6.42 Å². The van der Waals surface area contributed by atoms with Crippen LogP contribution in [-0.4, -0.2) is 37.7 Å². The average Bonchev–Trinajstić information content (AvgIpc) is 2.26. The van der Waals surface area contributed by atoms with Crippen molar-refractivity contribution in [3.8, 4) is 0 Å². The second-order valence-electron chi connectivity index (χ2n) is 6.49. The first-order chi connectivity index (χ1) is 8.93. The Morgan fingerprint density at radius 2 is 1.75 bits per heavy atom. The van der Waals surface area contributed by atoms with Gasteiger partial charge < -0.3 is 5.32 Å². The van der Waals surface area contributed by atoms with E-state index in [1.807, 2.05) is 0 Å². The minimum atomic E-state index is -4.14. The molecule has 20 heavy (non-hydrogen) atoms. The molecule has 0 aromatic heterocycles. The maximum Gasteiger partial charge on any atom is 0.391 e. The van der Waals surface area contributed by atoms with Gasteiger partial charge in [0, 0.05) is 12.6 Å². The molecule has 0 heterocycles. The highest BCUT2D eigenvalue weighted by Crippen LogP contribution is 2.37. The molecule has 0 radical (unpaired) electrons. The molecule has 0 aliphatic heterocycles. The van der Waals surface area contributed by atoms with Crippen LogP contribution in [0.1, 0.15) is 46.5 Å². The van der Waals surface area contributed by atoms with Gasteiger partial charge in [-0.25, -0.2) is 8.42 Å². The zero-order valence-corrected chi connectivity index (χ0v) is 13.1. The lowest BCUT2D eigenvalue weighted by Gasteiger charge is -2.31. The van der Waals surface area contributed by atoms with E-state index >= 15 is 0 Å². The van der Waals surface area contributed by atoms with Gasteiger partial charge in [-0.2, -0.15) is 13.2 Å². The van der Waals surface area contributed by atoms with E-state index in [1.165, 1.54) is 0 Å². The highest BCUT2D eigenvalue weighted by molar-refractivity contribution is 7.92. The molecule has 2 atom stereocenters. The van der Waals surface area contributed by atoms with Gasteiger partial charge >= 0.3 is 6.18 Å². The third kappa shape index (κ3) is 4.91. The Bertz CT molecular complexity index is 412. The molecule has 1 rings (SSSR count). The fourth-order valence-corrected chi connectivity index (χ4v) is 3.38. The molecule has 0 aromatic carbocycles. The first-order valence-corrected chi connectivity index (χ1v) is 8.61. The maximum absolute atomic E-state index is 12.7. The Kier molecular flexibility index (Phi) is 5.52. The molecule has 0 amide bonds. The summed E-state index contributed by atoms with van der Waals surface area (Å²) in [4.78, 5) is 0. The van der Waals surface area contributed by atoms with Crippen molar-refractivity contribution in [1.29, 1.82) is 0 Å². The van der Waals surface area contributed by atoms with Gasteiger partial charge in [0.2, 0.25) is 0 Å². The van der Waals surface area contributed by atoms with E-state index in [1.54, 1.807) is 20.8 Å². The van der Waals surface area contributed by atoms with E-state index in [4.69, 9.17) is 0 Å². The van der Waals surface area contributed by atoms with Crippen LogP contribution < -0.4 is 5.32 Å². The third-order valence-corrected chi connectivity index (χ3v) is 6.48. The molecular weight excluding hydrogens is 291 g/mol. The van der Waals surface area contributed by atoms with Gasteiger partial charge in [0.05, 0.1) is 16.4 Å². The Morgan fingerprint density at radius 3 is 2.25 bits per heavy atom. The summed E-state index contributed by atoms with van der Waals surface area (Å²) in [6, 6.07) is -0.231. The van der Waals surface area contributed by atoms with Crippen molar-refractivity contribution in [2.24, 2.45) is 5.92 Å². The number of alkyl halides is 3. The molecule has 0 unspecified atom stereocenters. The summed E-state index contributed by atoms with van der Waals surface area (Å²) in [5.74, 6) is -1.29. The summed E-state index contributed by atoms with van der Waals surface area (Å²) < 4.78 is 60.9. The number of hydrogen-bond acceptors (Lipinski definition) is 3. The molecule has 1 N–H and O–H groups in total. The molecule has 1 aliphatic carbocycles. The van der Waals surface area contributed by atoms with Gasteiger partial charge in [0.25, 0.3) is 0 Å². The smallest absolute Gasteiger partial charge is 0.313 e. The van der Waals surface area contributed by atoms with E-state index in [0.29, 0.717) is 12.8 Å². The van der Waals surface area contributed by atoms with Gasteiger partial charge in [0.15, 0.2) is 9.84 Å². The highest BCUT2D eigenvalue weighted by Gasteiger charge is 2.42. The first kappa shape index (κ1) is 17.8. The lowest BCUT2D eigenvalue weighted by molar-refractivity contribution is -0.183. The Morgan fingerprint density at radius 1 is 1.15 bits per heavy atom. The molecule has 3 nitrogen and oxygen atoms in total. The van der Waals surface area contributed by atoms with Crippen LogP contribution in [0.3, 0.4) is 0 Å². The van der Waals surface area contributed by atoms with E-state index in [9.17, 15) is 21.6 Å². The third-order valence-electron chi connectivity index (χ3n) is 3.87. The molecule has 7 heteroatoms. The number of nitrogens with one attached hydrogen (secondary N) is 1. The van der Waals surface area contributed by atoms with Crippen molar-refractivity contribution in [3.05, 3.63) is 0 Å². The highest BCUT2D eigenvalue weighted by atomic mass is 32.2. The standard InChI is InChI=1S/C13H24F3NO2S/c1-12(2,3)20(18,19)8-7-17-11-6-4-5-10(9-11)13(14,15)16/h10-11,17H,4-9H2,1-3H3/t10-,11+/m0/s1. The largest absolute Gasteiger partial charge is 0.391 e. The van der Waals surface area contributed by atoms with Crippen molar-refractivity contribution in [1.82, 2.24) is 5.32 Å². The van der Waals surface area contributed by atoms with Crippen molar-refractivity contribution in [2.45, 2.75) is 63.4 Å². The summed E-state index contributed by atoms with van der Waals surface area (Å²) in [7, 11) is -3.23. The second kappa shape index (κ2) is 6.22. The predicted octanol–water partition coefficient (Wildman–Crippen LogP) is 2.91. The summed E-state index contributed by atoms with van der Waals surface area (Å²) in [5.41, 5.74) is 0. The van der Waals surface area contributed by atoms with Crippen LogP contribution in [0.5, 0.6) is 0 Å². The fourth-order valence-electron chi connectivity index (χ4n) is 2.38. The van der Waals surface area contributed by atoms with E-state index in [-0.39, 0.29) is 31.2 Å². The lowest BCUT2D eigenvalue weighted by atomic mass is 9.85. The molecule has 1 saturated carbocycles. The Hall–Kier alpha value is -0.300. The number of sulfone groups is 1. The molecule has 0 bridgehead atoms. The lowest BCUT2D eigenvalue weighted by Crippen LogP contribution is -2.42. The van der Waals surface area contributed by atoms with Gasteiger partial charge in [-0.05, 0) is 40.0 Å². The number of rotatable bonds is 4. The number of halogens is 3. The summed E-state index contributed by atoms with van der Waals surface area (Å²) in [6.07, 6.45) is -2.69. The SMILES string of the molecule is CC(C)(C)S(=O)(=O)CCN[C@@H]1CCC[C@H](C(F)(F)F)C1. The van der Waals surface area contributed by atoms with Gasteiger partial charge in [-0.15, -0.1) is 0 Å². The second-order valence-corrected chi connectivity index (χ2v) is 9.35. The monoisotopic (exact) mass is 315 g/mol. The fraction of sp³-hybridized carbons (Fsp3) is 1.00. The van der Waals surface area contributed by atoms with Crippen LogP contribution >= 0.6 is 0 Å². The van der Waals surface area contributed by atoms with E-state index in [2.05, 4.69) is 5.32 Å². The topological polar surface area (TPSA) is 46.2 Å². The van der Waals surface area contributed by atoms with Crippen LogP contribution in [0.15, 0.2) is 0 Å². The Balaban J connectivity index is 2.43. The normalized spacial score (nSPS) is 25.7. The molecule has 1 fully saturated rings. The van der Waals surface area contributed by atoms with Crippen LogP contribution in [-0.2, 0) is 9.84 Å². The molecule has 0 saturated heterocycles. The maximum atomic E-state index is 12.7. The minimum absolute atomic E-state index is 0.0380. The summed E-state index contributed by atoms with van der Waals surface area (Å²) in [5, 5.41) is 2.97. The molecular formula is C13H24F3NO2S. The Labute approximate surface area is 119 Å². The van der Waals surface area contributed by atoms with Crippen LogP contribution in [0, 0.1) is 5.92 Å². The van der Waals surface area contributed by atoms with Gasteiger partial charge in [-0.3, -0.25) is 0 Å².